The fourth-order valence-corrected chi connectivity index (χ4v) is 2.93. The van der Waals surface area contributed by atoms with E-state index < -0.39 is 11.7 Å². The first-order chi connectivity index (χ1) is 10.2. The van der Waals surface area contributed by atoms with Crippen molar-refractivity contribution in [2.24, 2.45) is 14.1 Å². The molecule has 0 unspecified atom stereocenters. The molecule has 0 aliphatic heterocycles. The molecule has 2 heterocycles. The van der Waals surface area contributed by atoms with Crippen LogP contribution < -0.4 is 5.73 Å². The molecule has 0 aliphatic carbocycles. The van der Waals surface area contributed by atoms with Gasteiger partial charge in [-0.05, 0) is 13.0 Å². The van der Waals surface area contributed by atoms with Crippen LogP contribution >= 0.6 is 0 Å². The average Bonchev–Trinajstić information content (AvgIpc) is 2.88. The Labute approximate surface area is 124 Å². The number of halogens is 3. The van der Waals surface area contributed by atoms with Gasteiger partial charge in [-0.15, -0.1) is 0 Å². The lowest BCUT2D eigenvalue weighted by atomic mass is 10.0. The molecule has 0 radical (unpaired) electrons. The van der Waals surface area contributed by atoms with Crippen LogP contribution in [0.3, 0.4) is 0 Å². The number of benzene rings is 1. The van der Waals surface area contributed by atoms with Gasteiger partial charge in [0.1, 0.15) is 0 Å². The SMILES string of the molecule is Cc1c(-c2c(N)cnn2C)c2cccc(C(F)(F)F)c2n1C. The minimum Gasteiger partial charge on any atom is -0.396 e. The van der Waals surface area contributed by atoms with Gasteiger partial charge in [0.2, 0.25) is 0 Å². The summed E-state index contributed by atoms with van der Waals surface area (Å²) in [5, 5.41) is 4.60. The van der Waals surface area contributed by atoms with E-state index in [-0.39, 0.29) is 5.52 Å². The Morgan fingerprint density at radius 2 is 1.86 bits per heavy atom. The predicted octanol–water partition coefficient (Wildman–Crippen LogP) is 3.49. The first-order valence-corrected chi connectivity index (χ1v) is 6.66. The van der Waals surface area contributed by atoms with Crippen molar-refractivity contribution in [2.75, 3.05) is 5.73 Å². The van der Waals surface area contributed by atoms with Gasteiger partial charge in [0.15, 0.2) is 0 Å². The summed E-state index contributed by atoms with van der Waals surface area (Å²) in [6.45, 7) is 1.78. The number of fused-ring (bicyclic) bond motifs is 1. The highest BCUT2D eigenvalue weighted by atomic mass is 19.4. The van der Waals surface area contributed by atoms with Crippen LogP contribution in [0.2, 0.25) is 0 Å². The van der Waals surface area contributed by atoms with Crippen LogP contribution in [0.1, 0.15) is 11.3 Å². The lowest BCUT2D eigenvalue weighted by Crippen LogP contribution is -2.07. The van der Waals surface area contributed by atoms with Crippen molar-refractivity contribution in [2.45, 2.75) is 13.1 Å². The molecule has 0 aliphatic rings. The number of para-hydroxylation sites is 1. The zero-order valence-electron chi connectivity index (χ0n) is 12.4. The third-order valence-corrected chi connectivity index (χ3v) is 4.01. The second-order valence-corrected chi connectivity index (χ2v) is 5.29. The molecule has 0 saturated heterocycles. The van der Waals surface area contributed by atoms with E-state index >= 15 is 0 Å². The summed E-state index contributed by atoms with van der Waals surface area (Å²) in [4.78, 5) is 0. The zero-order valence-corrected chi connectivity index (χ0v) is 12.4. The first-order valence-electron chi connectivity index (χ1n) is 6.66. The zero-order chi connectivity index (χ0) is 16.2. The normalized spacial score (nSPS) is 12.3. The highest BCUT2D eigenvalue weighted by Gasteiger charge is 2.35. The number of hydrogen-bond donors (Lipinski definition) is 1. The second-order valence-electron chi connectivity index (χ2n) is 5.29. The van der Waals surface area contributed by atoms with Gasteiger partial charge >= 0.3 is 6.18 Å². The molecule has 0 bridgehead atoms. The largest absolute Gasteiger partial charge is 0.418 e. The predicted molar refractivity (Wildman–Crippen MR) is 79.3 cm³/mol. The molecule has 116 valence electrons. The van der Waals surface area contributed by atoms with Crippen LogP contribution in [0.15, 0.2) is 24.4 Å². The van der Waals surface area contributed by atoms with Gasteiger partial charge in [-0.25, -0.2) is 0 Å². The highest BCUT2D eigenvalue weighted by Crippen LogP contribution is 2.41. The fourth-order valence-electron chi connectivity index (χ4n) is 2.93. The molecule has 2 N–H and O–H groups in total. The lowest BCUT2D eigenvalue weighted by Gasteiger charge is -2.10. The molecule has 22 heavy (non-hydrogen) atoms. The summed E-state index contributed by atoms with van der Waals surface area (Å²) >= 11 is 0. The summed E-state index contributed by atoms with van der Waals surface area (Å²) < 4.78 is 43.0. The Balaban J connectivity index is 2.47. The summed E-state index contributed by atoms with van der Waals surface area (Å²) in [6, 6.07) is 4.19. The number of alkyl halides is 3. The number of aryl methyl sites for hydroxylation is 2. The average molecular weight is 308 g/mol. The van der Waals surface area contributed by atoms with E-state index in [1.165, 1.54) is 12.3 Å². The number of anilines is 1. The van der Waals surface area contributed by atoms with Crippen molar-refractivity contribution in [3.63, 3.8) is 0 Å². The molecular formula is C15H15F3N4. The summed E-state index contributed by atoms with van der Waals surface area (Å²) in [6.07, 6.45) is -2.91. The Bertz CT molecular complexity index is 852. The number of aromatic nitrogens is 3. The molecule has 0 atom stereocenters. The van der Waals surface area contributed by atoms with E-state index in [1.807, 2.05) is 0 Å². The number of nitrogens with zero attached hydrogens (tertiary/aromatic N) is 3. The van der Waals surface area contributed by atoms with E-state index in [2.05, 4.69) is 5.10 Å². The quantitative estimate of drug-likeness (QED) is 0.748. The Hall–Kier alpha value is -2.44. The van der Waals surface area contributed by atoms with E-state index in [4.69, 9.17) is 5.73 Å². The minimum atomic E-state index is -4.41. The molecule has 0 fully saturated rings. The molecule has 4 nitrogen and oxygen atoms in total. The summed E-state index contributed by atoms with van der Waals surface area (Å²) in [7, 11) is 3.35. The van der Waals surface area contributed by atoms with Crippen molar-refractivity contribution in [1.29, 1.82) is 0 Å². The molecule has 2 aromatic heterocycles. The Morgan fingerprint density at radius 3 is 2.41 bits per heavy atom. The molecule has 3 aromatic rings. The number of rotatable bonds is 1. The molecule has 1 aromatic carbocycles. The maximum atomic E-state index is 13.3. The van der Waals surface area contributed by atoms with Gasteiger partial charge < -0.3 is 10.3 Å². The van der Waals surface area contributed by atoms with Crippen LogP contribution in [0.4, 0.5) is 18.9 Å². The van der Waals surface area contributed by atoms with Crippen molar-refractivity contribution in [1.82, 2.24) is 14.3 Å². The maximum Gasteiger partial charge on any atom is 0.418 e. The van der Waals surface area contributed by atoms with Crippen LogP contribution in [0.5, 0.6) is 0 Å². The van der Waals surface area contributed by atoms with Crippen molar-refractivity contribution >= 4 is 16.6 Å². The van der Waals surface area contributed by atoms with Gasteiger partial charge in [0.05, 0.1) is 28.7 Å². The van der Waals surface area contributed by atoms with Crippen molar-refractivity contribution < 1.29 is 13.2 Å². The third-order valence-electron chi connectivity index (χ3n) is 4.01. The summed E-state index contributed by atoms with van der Waals surface area (Å²) in [5.41, 5.74) is 7.92. The molecule has 0 spiro atoms. The summed E-state index contributed by atoms with van der Waals surface area (Å²) in [5.74, 6) is 0. The maximum absolute atomic E-state index is 13.3. The molecule has 7 heteroatoms. The van der Waals surface area contributed by atoms with Gasteiger partial charge in [-0.1, -0.05) is 12.1 Å². The number of hydrogen-bond acceptors (Lipinski definition) is 2. The fraction of sp³-hybridized carbons (Fsp3) is 0.267. The van der Waals surface area contributed by atoms with Crippen molar-refractivity contribution in [3.8, 4) is 11.3 Å². The molecular weight excluding hydrogens is 293 g/mol. The number of nitrogen functional groups attached to an aromatic ring is 1. The minimum absolute atomic E-state index is 0.156. The van der Waals surface area contributed by atoms with Crippen LogP contribution in [-0.2, 0) is 20.3 Å². The van der Waals surface area contributed by atoms with Crippen molar-refractivity contribution in [3.05, 3.63) is 35.7 Å². The van der Waals surface area contributed by atoms with E-state index in [1.54, 1.807) is 36.3 Å². The number of nitrogens with two attached hydrogens (primary N) is 1. The topological polar surface area (TPSA) is 48.8 Å². The van der Waals surface area contributed by atoms with Crippen LogP contribution in [0, 0.1) is 6.92 Å². The van der Waals surface area contributed by atoms with Gasteiger partial charge in [0, 0.05) is 30.7 Å². The second kappa shape index (κ2) is 4.53. The smallest absolute Gasteiger partial charge is 0.396 e. The highest BCUT2D eigenvalue weighted by molar-refractivity contribution is 6.01. The monoisotopic (exact) mass is 308 g/mol. The van der Waals surface area contributed by atoms with Crippen LogP contribution in [0.25, 0.3) is 22.2 Å². The Kier molecular flexibility index (Phi) is 2.98. The molecule has 3 rings (SSSR count). The van der Waals surface area contributed by atoms with Gasteiger partial charge in [0.25, 0.3) is 0 Å². The van der Waals surface area contributed by atoms with E-state index in [0.717, 1.165) is 6.07 Å². The lowest BCUT2D eigenvalue weighted by molar-refractivity contribution is -0.136. The van der Waals surface area contributed by atoms with Crippen LogP contribution in [-0.4, -0.2) is 14.3 Å². The van der Waals surface area contributed by atoms with E-state index in [9.17, 15) is 13.2 Å². The Morgan fingerprint density at radius 1 is 1.18 bits per heavy atom. The third kappa shape index (κ3) is 1.88. The molecule has 0 amide bonds. The van der Waals surface area contributed by atoms with Gasteiger partial charge in [-0.2, -0.15) is 18.3 Å². The van der Waals surface area contributed by atoms with Gasteiger partial charge in [-0.3, -0.25) is 4.68 Å². The standard InChI is InChI=1S/C15H15F3N4/c1-8-12(14-11(19)7-20-22(14)3)9-5-4-6-10(15(16,17)18)13(9)21(8)2/h4-7H,19H2,1-3H3. The van der Waals surface area contributed by atoms with E-state index in [0.29, 0.717) is 28.0 Å². The first kappa shape index (κ1) is 14.5. The molecule has 0 saturated carbocycles.